The van der Waals surface area contributed by atoms with Crippen molar-refractivity contribution in [1.82, 2.24) is 10.2 Å². The lowest BCUT2D eigenvalue weighted by atomic mass is 9.84. The van der Waals surface area contributed by atoms with Gasteiger partial charge in [-0.05, 0) is 41.6 Å². The molecule has 2 N–H and O–H groups in total. The normalized spacial score (nSPS) is 29.6. The van der Waals surface area contributed by atoms with E-state index in [1.54, 1.807) is 0 Å². The Hall–Kier alpha value is -2.54. The van der Waals surface area contributed by atoms with Gasteiger partial charge in [-0.25, -0.2) is 0 Å². The number of hydrogen-bond donors (Lipinski definition) is 2. The molecular weight excluding hydrogens is 528 g/mol. The summed E-state index contributed by atoms with van der Waals surface area (Å²) in [5.74, 6) is -0.689. The molecule has 1 aliphatic carbocycles. The van der Waals surface area contributed by atoms with Gasteiger partial charge < -0.3 is 15.3 Å². The number of nitrogens with one attached hydrogen (secondary N) is 1. The zero-order chi connectivity index (χ0) is 30.3. The Kier molecular flexibility index (Phi) is 11.4. The highest BCUT2D eigenvalue weighted by atomic mass is 16.3. The van der Waals surface area contributed by atoms with Crippen molar-refractivity contribution in [3.8, 4) is 0 Å². The van der Waals surface area contributed by atoms with Crippen LogP contribution in [-0.4, -0.2) is 52.1 Å². The van der Waals surface area contributed by atoms with Crippen molar-refractivity contribution in [2.24, 2.45) is 29.1 Å². The maximum absolute atomic E-state index is 14.0. The number of rotatable bonds is 7. The summed E-state index contributed by atoms with van der Waals surface area (Å²) in [6.45, 7) is 7.38. The van der Waals surface area contributed by atoms with Gasteiger partial charge in [-0.1, -0.05) is 102 Å². The van der Waals surface area contributed by atoms with E-state index in [0.29, 0.717) is 25.4 Å². The van der Waals surface area contributed by atoms with Gasteiger partial charge in [-0.15, -0.1) is 0 Å². The highest BCUT2D eigenvalue weighted by Gasteiger charge is 2.69. The standard InChI is InChI=1S/C35H52N2O5/c1-24-15-11-8-6-4-5-7-9-14-18-26(21-29(39)32-31-27(35(31,2)3)23-37(32)34(24)42)33(41)28(38)19-20-30(40)36-22-25-16-12-10-13-17-25/h10,12-13,16-17,24,26-27,31-33,41H,4-9,11,14-15,18-23H2,1-3H3,(H,36,40)/t24-,26+,27-,31-,32+,33?/m0/s1. The van der Waals surface area contributed by atoms with Crippen LogP contribution in [0.3, 0.4) is 0 Å². The molecule has 1 saturated carbocycles. The van der Waals surface area contributed by atoms with Crippen molar-refractivity contribution in [1.29, 1.82) is 0 Å². The van der Waals surface area contributed by atoms with Gasteiger partial charge in [0.15, 0.2) is 11.6 Å². The Morgan fingerprint density at radius 2 is 1.57 bits per heavy atom. The molecule has 2 amide bonds. The molecule has 1 unspecified atom stereocenters. The van der Waals surface area contributed by atoms with E-state index in [2.05, 4.69) is 19.2 Å². The molecule has 0 spiro atoms. The van der Waals surface area contributed by atoms with Crippen LogP contribution < -0.4 is 5.32 Å². The number of Topliss-reactive ketones (excluding diaryl/α,β-unsaturated/α-hetero) is 2. The van der Waals surface area contributed by atoms with Crippen LogP contribution in [0.25, 0.3) is 0 Å². The molecule has 3 aliphatic rings. The zero-order valence-electron chi connectivity index (χ0n) is 26.0. The van der Waals surface area contributed by atoms with Crippen LogP contribution in [0.15, 0.2) is 30.3 Å². The second-order valence-corrected chi connectivity index (χ2v) is 13.8. The number of carbonyl (C=O) groups is 4. The molecule has 0 bridgehead atoms. The third kappa shape index (κ3) is 8.09. The minimum absolute atomic E-state index is 0.00410. The largest absolute Gasteiger partial charge is 0.385 e. The van der Waals surface area contributed by atoms with E-state index >= 15 is 0 Å². The third-order valence-electron chi connectivity index (χ3n) is 10.4. The molecule has 2 heterocycles. The first-order valence-corrected chi connectivity index (χ1v) is 16.5. The maximum atomic E-state index is 14.0. The van der Waals surface area contributed by atoms with Crippen LogP contribution in [0.1, 0.15) is 110 Å². The number of nitrogens with zero attached hydrogens (tertiary/aromatic N) is 1. The number of aliphatic hydroxyl groups is 1. The molecule has 3 fully saturated rings. The van der Waals surface area contributed by atoms with Gasteiger partial charge >= 0.3 is 0 Å². The first kappa shape index (κ1) is 32.4. The van der Waals surface area contributed by atoms with Gasteiger partial charge in [0.2, 0.25) is 11.8 Å². The van der Waals surface area contributed by atoms with Crippen molar-refractivity contribution in [2.45, 2.75) is 123 Å². The Bertz CT molecular complexity index is 1090. The third-order valence-corrected chi connectivity index (χ3v) is 10.4. The van der Waals surface area contributed by atoms with Crippen LogP contribution in [0.5, 0.6) is 0 Å². The molecule has 42 heavy (non-hydrogen) atoms. The highest BCUT2D eigenvalue weighted by molar-refractivity contribution is 5.93. The molecule has 1 aromatic carbocycles. The molecular formula is C35H52N2O5. The van der Waals surface area contributed by atoms with Gasteiger partial charge in [0, 0.05) is 38.3 Å². The second-order valence-electron chi connectivity index (χ2n) is 13.8. The molecule has 232 valence electrons. The van der Waals surface area contributed by atoms with Crippen LogP contribution >= 0.6 is 0 Å². The minimum atomic E-state index is -1.29. The van der Waals surface area contributed by atoms with Crippen molar-refractivity contribution in [2.75, 3.05) is 6.54 Å². The number of piperidine rings is 1. The number of ketones is 2. The summed E-state index contributed by atoms with van der Waals surface area (Å²) in [4.78, 5) is 54.9. The average molecular weight is 581 g/mol. The molecule has 1 aromatic rings. The second kappa shape index (κ2) is 14.8. The van der Waals surface area contributed by atoms with Crippen LogP contribution in [0, 0.1) is 29.1 Å². The fraction of sp³-hybridized carbons (Fsp3) is 0.714. The molecule has 4 rings (SSSR count). The fourth-order valence-electron chi connectivity index (χ4n) is 7.49. The van der Waals surface area contributed by atoms with E-state index in [1.165, 1.54) is 12.8 Å². The van der Waals surface area contributed by atoms with Crippen molar-refractivity contribution < 1.29 is 24.3 Å². The predicted molar refractivity (Wildman–Crippen MR) is 163 cm³/mol. The number of benzene rings is 1. The van der Waals surface area contributed by atoms with Crippen LogP contribution in [0.2, 0.25) is 0 Å². The molecule has 0 radical (unpaired) electrons. The smallest absolute Gasteiger partial charge is 0.226 e. The quantitative estimate of drug-likeness (QED) is 0.436. The number of hydrogen-bond acceptors (Lipinski definition) is 5. The first-order chi connectivity index (χ1) is 20.1. The predicted octanol–water partition coefficient (Wildman–Crippen LogP) is 5.62. The van der Waals surface area contributed by atoms with Crippen molar-refractivity contribution in [3.05, 3.63) is 35.9 Å². The van der Waals surface area contributed by atoms with Crippen LogP contribution in [-0.2, 0) is 25.7 Å². The Morgan fingerprint density at radius 3 is 2.24 bits per heavy atom. The Morgan fingerprint density at radius 1 is 0.952 bits per heavy atom. The van der Waals surface area contributed by atoms with Gasteiger partial charge in [0.25, 0.3) is 0 Å². The lowest BCUT2D eigenvalue weighted by Gasteiger charge is -2.33. The fourth-order valence-corrected chi connectivity index (χ4v) is 7.49. The zero-order valence-corrected chi connectivity index (χ0v) is 26.0. The Labute approximate surface area is 252 Å². The number of aliphatic hydroxyl groups excluding tert-OH is 1. The van der Waals surface area contributed by atoms with Gasteiger partial charge in [0.1, 0.15) is 6.10 Å². The summed E-state index contributed by atoms with van der Waals surface area (Å²) in [5.41, 5.74) is 1.00. The minimum Gasteiger partial charge on any atom is -0.385 e. The van der Waals surface area contributed by atoms with E-state index < -0.39 is 18.1 Å². The molecule has 6 atom stereocenters. The molecule has 2 aliphatic heterocycles. The Balaban J connectivity index is 1.41. The molecule has 7 nitrogen and oxygen atoms in total. The van der Waals surface area contributed by atoms with E-state index in [-0.39, 0.29) is 59.9 Å². The SMILES string of the molecule is C[C@H]1CCCCCCCCCC[C@@H](C(O)C(=O)CCC(=O)NCc2ccccc2)CC(=O)[C@@H]2[C@@H]3[C@H](CN2C1=O)C3(C)C. The number of amides is 2. The number of carbonyl (C=O) groups excluding carboxylic acids is 4. The lowest BCUT2D eigenvalue weighted by molar-refractivity contribution is -0.143. The summed E-state index contributed by atoms with van der Waals surface area (Å²) < 4.78 is 0. The summed E-state index contributed by atoms with van der Waals surface area (Å²) >= 11 is 0. The lowest BCUT2D eigenvalue weighted by Crippen LogP contribution is -2.48. The first-order valence-electron chi connectivity index (χ1n) is 16.5. The van der Waals surface area contributed by atoms with E-state index in [4.69, 9.17) is 0 Å². The van der Waals surface area contributed by atoms with E-state index in [1.807, 2.05) is 42.2 Å². The van der Waals surface area contributed by atoms with Gasteiger partial charge in [-0.3, -0.25) is 19.2 Å². The average Bonchev–Trinajstić information content (AvgIpc) is 3.29. The van der Waals surface area contributed by atoms with Crippen LogP contribution in [0.4, 0.5) is 0 Å². The summed E-state index contributed by atoms with van der Waals surface area (Å²) in [7, 11) is 0. The summed E-state index contributed by atoms with van der Waals surface area (Å²) in [6, 6.07) is 9.11. The number of fused-ring (bicyclic) bond motifs is 3. The van der Waals surface area contributed by atoms with Gasteiger partial charge in [-0.2, -0.15) is 0 Å². The topological polar surface area (TPSA) is 104 Å². The highest BCUT2D eigenvalue weighted by Crippen LogP contribution is 2.65. The van der Waals surface area contributed by atoms with Crippen molar-refractivity contribution in [3.63, 3.8) is 0 Å². The van der Waals surface area contributed by atoms with E-state index in [9.17, 15) is 24.3 Å². The van der Waals surface area contributed by atoms with E-state index in [0.717, 1.165) is 50.5 Å². The van der Waals surface area contributed by atoms with Gasteiger partial charge in [0.05, 0.1) is 6.04 Å². The summed E-state index contributed by atoms with van der Waals surface area (Å²) in [6.07, 6.45) is 8.86. The molecule has 0 aromatic heterocycles. The molecule has 2 saturated heterocycles. The van der Waals surface area contributed by atoms with Crippen molar-refractivity contribution >= 4 is 23.4 Å². The molecule has 7 heteroatoms. The summed E-state index contributed by atoms with van der Waals surface area (Å²) in [5, 5.41) is 14.0. The maximum Gasteiger partial charge on any atom is 0.226 e. The monoisotopic (exact) mass is 580 g/mol.